The van der Waals surface area contributed by atoms with Gasteiger partial charge in [-0.25, -0.2) is 22.6 Å². The molecule has 27 heavy (non-hydrogen) atoms. The van der Waals surface area contributed by atoms with Crippen LogP contribution in [0.2, 0.25) is 0 Å². The summed E-state index contributed by atoms with van der Waals surface area (Å²) < 4.78 is 37.5. The summed E-state index contributed by atoms with van der Waals surface area (Å²) in [6.07, 6.45) is 1.37. The SMILES string of the molecule is Cc1c(C(=O)Nc2ccc(CS(N)(=O)=O)cc2)cnn1-c1ccccc1F. The van der Waals surface area contributed by atoms with Gasteiger partial charge in [0.25, 0.3) is 5.91 Å². The van der Waals surface area contributed by atoms with E-state index < -0.39 is 21.7 Å². The Kier molecular flexibility index (Phi) is 5.06. The van der Waals surface area contributed by atoms with Crippen LogP contribution in [0.15, 0.2) is 54.7 Å². The van der Waals surface area contributed by atoms with Crippen LogP contribution >= 0.6 is 0 Å². The first-order valence-electron chi connectivity index (χ1n) is 7.95. The molecule has 140 valence electrons. The number of anilines is 1. The molecular formula is C18H17FN4O3S. The Hall–Kier alpha value is -3.04. The van der Waals surface area contributed by atoms with Crippen molar-refractivity contribution in [1.29, 1.82) is 0 Å². The van der Waals surface area contributed by atoms with Crippen molar-refractivity contribution in [3.05, 3.63) is 77.4 Å². The van der Waals surface area contributed by atoms with Gasteiger partial charge < -0.3 is 5.32 Å². The number of benzene rings is 2. The van der Waals surface area contributed by atoms with Crippen LogP contribution in [0.5, 0.6) is 0 Å². The molecule has 0 saturated carbocycles. The van der Waals surface area contributed by atoms with E-state index >= 15 is 0 Å². The third-order valence-corrected chi connectivity index (χ3v) is 4.65. The molecule has 0 atom stereocenters. The smallest absolute Gasteiger partial charge is 0.259 e. The molecule has 0 aliphatic heterocycles. The highest BCUT2D eigenvalue weighted by Crippen LogP contribution is 2.19. The Bertz CT molecular complexity index is 1090. The minimum atomic E-state index is -3.62. The Morgan fingerprint density at radius 1 is 1.19 bits per heavy atom. The van der Waals surface area contributed by atoms with Gasteiger partial charge in [0.1, 0.15) is 11.5 Å². The van der Waals surface area contributed by atoms with Gasteiger partial charge in [0, 0.05) is 5.69 Å². The first-order chi connectivity index (χ1) is 12.7. The van der Waals surface area contributed by atoms with E-state index in [0.29, 0.717) is 22.5 Å². The van der Waals surface area contributed by atoms with Crippen molar-refractivity contribution in [3.63, 3.8) is 0 Å². The number of hydrogen-bond donors (Lipinski definition) is 2. The Labute approximate surface area is 155 Å². The summed E-state index contributed by atoms with van der Waals surface area (Å²) in [5.74, 6) is -1.13. The van der Waals surface area contributed by atoms with Crippen LogP contribution in [0.25, 0.3) is 5.69 Å². The van der Waals surface area contributed by atoms with E-state index in [4.69, 9.17) is 5.14 Å². The van der Waals surface area contributed by atoms with Crippen molar-refractivity contribution in [2.24, 2.45) is 5.14 Å². The predicted octanol–water partition coefficient (Wildman–Crippen LogP) is 2.36. The van der Waals surface area contributed by atoms with E-state index in [2.05, 4.69) is 10.4 Å². The number of rotatable bonds is 5. The third kappa shape index (κ3) is 4.39. The normalized spacial score (nSPS) is 11.4. The van der Waals surface area contributed by atoms with Crippen molar-refractivity contribution in [3.8, 4) is 5.69 Å². The summed E-state index contributed by atoms with van der Waals surface area (Å²) in [4.78, 5) is 12.5. The molecule has 1 heterocycles. The number of hydrogen-bond acceptors (Lipinski definition) is 4. The maximum Gasteiger partial charge on any atom is 0.259 e. The first kappa shape index (κ1) is 18.7. The van der Waals surface area contributed by atoms with Gasteiger partial charge >= 0.3 is 0 Å². The molecule has 0 aliphatic carbocycles. The van der Waals surface area contributed by atoms with Gasteiger partial charge in [0.15, 0.2) is 0 Å². The summed E-state index contributed by atoms with van der Waals surface area (Å²) in [6.45, 7) is 1.67. The highest BCUT2D eigenvalue weighted by Gasteiger charge is 2.17. The number of nitrogens with one attached hydrogen (secondary N) is 1. The number of aromatic nitrogens is 2. The number of nitrogens with zero attached hydrogens (tertiary/aromatic N) is 2. The van der Waals surface area contributed by atoms with Crippen molar-refractivity contribution in [2.45, 2.75) is 12.7 Å². The molecule has 0 fully saturated rings. The molecule has 0 bridgehead atoms. The van der Waals surface area contributed by atoms with Gasteiger partial charge in [0.05, 0.1) is 23.2 Å². The maximum absolute atomic E-state index is 14.0. The largest absolute Gasteiger partial charge is 0.322 e. The standard InChI is InChI=1S/C18H17FN4O3S/c1-12-15(10-21-23(12)17-5-3-2-4-16(17)19)18(24)22-14-8-6-13(7-9-14)11-27(20,25)26/h2-10H,11H2,1H3,(H,22,24)(H2,20,25,26). The van der Waals surface area contributed by atoms with Gasteiger partial charge in [0.2, 0.25) is 10.0 Å². The van der Waals surface area contributed by atoms with Gasteiger partial charge in [-0.3, -0.25) is 4.79 Å². The lowest BCUT2D eigenvalue weighted by Gasteiger charge is -2.08. The second kappa shape index (κ2) is 7.29. The zero-order valence-corrected chi connectivity index (χ0v) is 15.2. The van der Waals surface area contributed by atoms with Gasteiger partial charge in [-0.1, -0.05) is 24.3 Å². The quantitative estimate of drug-likeness (QED) is 0.699. The molecule has 0 spiro atoms. The molecule has 3 rings (SSSR count). The average Bonchev–Trinajstić information content (AvgIpc) is 2.97. The molecule has 2 aromatic carbocycles. The summed E-state index contributed by atoms with van der Waals surface area (Å²) in [5, 5.41) is 11.8. The summed E-state index contributed by atoms with van der Waals surface area (Å²) in [5.41, 5.74) is 2.03. The summed E-state index contributed by atoms with van der Waals surface area (Å²) in [6, 6.07) is 12.4. The second-order valence-electron chi connectivity index (χ2n) is 5.97. The highest BCUT2D eigenvalue weighted by molar-refractivity contribution is 7.88. The number of amides is 1. The van der Waals surface area contributed by atoms with E-state index in [-0.39, 0.29) is 11.4 Å². The Morgan fingerprint density at radius 2 is 1.85 bits per heavy atom. The van der Waals surface area contributed by atoms with Crippen LogP contribution < -0.4 is 10.5 Å². The van der Waals surface area contributed by atoms with Crippen LogP contribution in [0.1, 0.15) is 21.6 Å². The van der Waals surface area contributed by atoms with Crippen LogP contribution in [0.4, 0.5) is 10.1 Å². The lowest BCUT2D eigenvalue weighted by molar-refractivity contribution is 0.102. The van der Waals surface area contributed by atoms with Crippen LogP contribution in [-0.4, -0.2) is 24.1 Å². The topological polar surface area (TPSA) is 107 Å². The lowest BCUT2D eigenvalue weighted by atomic mass is 10.2. The monoisotopic (exact) mass is 388 g/mol. The molecule has 1 aromatic heterocycles. The summed E-state index contributed by atoms with van der Waals surface area (Å²) in [7, 11) is -3.62. The van der Waals surface area contributed by atoms with Crippen molar-refractivity contribution >= 4 is 21.6 Å². The molecule has 0 aliphatic rings. The van der Waals surface area contributed by atoms with Crippen molar-refractivity contribution in [1.82, 2.24) is 9.78 Å². The fourth-order valence-corrected chi connectivity index (χ4v) is 3.27. The maximum atomic E-state index is 14.0. The third-order valence-electron chi connectivity index (χ3n) is 3.91. The Morgan fingerprint density at radius 3 is 2.48 bits per heavy atom. The zero-order chi connectivity index (χ0) is 19.6. The van der Waals surface area contributed by atoms with Gasteiger partial charge in [-0.2, -0.15) is 5.10 Å². The van der Waals surface area contributed by atoms with E-state index in [1.54, 1.807) is 49.4 Å². The number of halogens is 1. The minimum absolute atomic E-state index is 0.251. The van der Waals surface area contributed by atoms with Crippen LogP contribution in [-0.2, 0) is 15.8 Å². The zero-order valence-electron chi connectivity index (χ0n) is 14.4. The van der Waals surface area contributed by atoms with Crippen LogP contribution in [0.3, 0.4) is 0 Å². The van der Waals surface area contributed by atoms with E-state index in [1.165, 1.54) is 16.9 Å². The highest BCUT2D eigenvalue weighted by atomic mass is 32.2. The van der Waals surface area contributed by atoms with E-state index in [9.17, 15) is 17.6 Å². The number of para-hydroxylation sites is 1. The number of sulfonamides is 1. The molecule has 0 radical (unpaired) electrons. The fraction of sp³-hybridized carbons (Fsp3) is 0.111. The van der Waals surface area contributed by atoms with Crippen LogP contribution in [0, 0.1) is 12.7 Å². The lowest BCUT2D eigenvalue weighted by Crippen LogP contribution is -2.15. The van der Waals surface area contributed by atoms with E-state index in [0.717, 1.165) is 0 Å². The molecule has 0 unspecified atom stereocenters. The second-order valence-corrected chi connectivity index (χ2v) is 7.58. The molecule has 0 saturated heterocycles. The molecule has 9 heteroatoms. The Balaban J connectivity index is 1.78. The number of primary sulfonamides is 1. The first-order valence-corrected chi connectivity index (χ1v) is 9.66. The number of carbonyl (C=O) groups is 1. The molecule has 3 aromatic rings. The summed E-state index contributed by atoms with van der Waals surface area (Å²) >= 11 is 0. The van der Waals surface area contributed by atoms with E-state index in [1.807, 2.05) is 0 Å². The van der Waals surface area contributed by atoms with Crippen molar-refractivity contribution < 1.29 is 17.6 Å². The molecule has 7 nitrogen and oxygen atoms in total. The number of nitrogens with two attached hydrogens (primary N) is 1. The number of carbonyl (C=O) groups excluding carboxylic acids is 1. The van der Waals surface area contributed by atoms with Gasteiger partial charge in [-0.15, -0.1) is 0 Å². The molecular weight excluding hydrogens is 371 g/mol. The molecule has 1 amide bonds. The fourth-order valence-electron chi connectivity index (χ4n) is 2.61. The predicted molar refractivity (Wildman–Crippen MR) is 99.5 cm³/mol. The van der Waals surface area contributed by atoms with Gasteiger partial charge in [-0.05, 0) is 36.8 Å². The minimum Gasteiger partial charge on any atom is -0.322 e. The molecule has 3 N–H and O–H groups in total. The average molecular weight is 388 g/mol. The van der Waals surface area contributed by atoms with Crippen molar-refractivity contribution in [2.75, 3.05) is 5.32 Å².